The van der Waals surface area contributed by atoms with E-state index in [1.807, 2.05) is 57.2 Å². The first-order chi connectivity index (χ1) is 12.6. The minimum absolute atomic E-state index is 0.289. The number of rotatable bonds is 7. The minimum atomic E-state index is -3.62. The first-order valence-corrected chi connectivity index (χ1v) is 10.5. The first kappa shape index (κ1) is 20.8. The average molecular weight is 391 g/mol. The molecule has 0 aliphatic carbocycles. The van der Waals surface area contributed by atoms with Crippen LogP contribution in [0.1, 0.15) is 29.7 Å². The number of aryl methyl sites for hydroxylation is 2. The molecule has 0 radical (unpaired) electrons. The Balaban J connectivity index is 2.23. The maximum absolute atomic E-state index is 12.6. The molecule has 0 saturated heterocycles. The standard InChI is InChI=1S/C20H26N2O4S/c1-14-10-11-15(2)18(12-14)22(27(5,24)25)13-20(23)21-16(3)17-8-6-7-9-19(17)26-4/h6-12,16H,13H2,1-5H3,(H,21,23)/t16-/m0/s1. The van der Waals surface area contributed by atoms with E-state index >= 15 is 0 Å². The number of sulfonamides is 1. The van der Waals surface area contributed by atoms with Crippen LogP contribution in [0.5, 0.6) is 5.75 Å². The molecular weight excluding hydrogens is 364 g/mol. The third kappa shape index (κ3) is 5.23. The predicted molar refractivity (Wildman–Crippen MR) is 108 cm³/mol. The van der Waals surface area contributed by atoms with Crippen LogP contribution in [-0.2, 0) is 14.8 Å². The molecule has 0 aromatic heterocycles. The lowest BCUT2D eigenvalue weighted by molar-refractivity contribution is -0.120. The summed E-state index contributed by atoms with van der Waals surface area (Å²) in [6, 6.07) is 12.6. The van der Waals surface area contributed by atoms with Crippen LogP contribution in [0, 0.1) is 13.8 Å². The molecule has 2 rings (SSSR count). The third-order valence-corrected chi connectivity index (χ3v) is 5.43. The summed E-state index contributed by atoms with van der Waals surface area (Å²) in [5.41, 5.74) is 3.05. The van der Waals surface area contributed by atoms with Gasteiger partial charge in [0.25, 0.3) is 0 Å². The highest BCUT2D eigenvalue weighted by Gasteiger charge is 2.24. The van der Waals surface area contributed by atoms with Crippen molar-refractivity contribution in [3.8, 4) is 5.75 Å². The zero-order valence-electron chi connectivity index (χ0n) is 16.3. The smallest absolute Gasteiger partial charge is 0.241 e. The highest BCUT2D eigenvalue weighted by molar-refractivity contribution is 7.92. The first-order valence-electron chi connectivity index (χ1n) is 8.60. The Morgan fingerprint density at radius 1 is 1.19 bits per heavy atom. The van der Waals surface area contributed by atoms with Gasteiger partial charge < -0.3 is 10.1 Å². The van der Waals surface area contributed by atoms with E-state index in [4.69, 9.17) is 4.74 Å². The molecule has 1 N–H and O–H groups in total. The highest BCUT2D eigenvalue weighted by atomic mass is 32.2. The van der Waals surface area contributed by atoms with E-state index in [1.165, 1.54) is 0 Å². The van der Waals surface area contributed by atoms with Crippen molar-refractivity contribution in [2.45, 2.75) is 26.8 Å². The van der Waals surface area contributed by atoms with Crippen LogP contribution in [0.3, 0.4) is 0 Å². The van der Waals surface area contributed by atoms with Crippen molar-refractivity contribution < 1.29 is 17.9 Å². The van der Waals surface area contributed by atoms with Gasteiger partial charge in [0.05, 0.1) is 25.1 Å². The molecule has 1 atom stereocenters. The normalized spacial score (nSPS) is 12.3. The van der Waals surface area contributed by atoms with E-state index in [9.17, 15) is 13.2 Å². The Bertz CT molecular complexity index is 925. The number of hydrogen-bond donors (Lipinski definition) is 1. The molecule has 6 nitrogen and oxygen atoms in total. The average Bonchev–Trinajstić information content (AvgIpc) is 2.61. The number of anilines is 1. The number of benzene rings is 2. The fourth-order valence-corrected chi connectivity index (χ4v) is 3.79. The fourth-order valence-electron chi connectivity index (χ4n) is 2.89. The lowest BCUT2D eigenvalue weighted by Gasteiger charge is -2.25. The van der Waals surface area contributed by atoms with Gasteiger partial charge in [0.2, 0.25) is 15.9 Å². The Morgan fingerprint density at radius 2 is 1.85 bits per heavy atom. The molecule has 2 aromatic carbocycles. The summed E-state index contributed by atoms with van der Waals surface area (Å²) in [6.45, 7) is 5.25. The van der Waals surface area contributed by atoms with Crippen molar-refractivity contribution in [1.82, 2.24) is 5.32 Å². The Kier molecular flexibility index (Phi) is 6.49. The van der Waals surface area contributed by atoms with Crippen LogP contribution in [0.4, 0.5) is 5.69 Å². The van der Waals surface area contributed by atoms with Gasteiger partial charge in [-0.2, -0.15) is 0 Å². The largest absolute Gasteiger partial charge is 0.496 e. The molecule has 1 amide bonds. The second-order valence-electron chi connectivity index (χ2n) is 6.59. The van der Waals surface area contributed by atoms with Crippen molar-refractivity contribution >= 4 is 21.6 Å². The molecule has 0 aliphatic rings. The molecule has 0 heterocycles. The zero-order chi connectivity index (χ0) is 20.2. The molecule has 0 fully saturated rings. The van der Waals surface area contributed by atoms with Gasteiger partial charge in [-0.25, -0.2) is 8.42 Å². The van der Waals surface area contributed by atoms with Crippen LogP contribution >= 0.6 is 0 Å². The summed E-state index contributed by atoms with van der Waals surface area (Å²) in [6.07, 6.45) is 1.10. The molecule has 27 heavy (non-hydrogen) atoms. The second-order valence-corrected chi connectivity index (χ2v) is 8.50. The van der Waals surface area contributed by atoms with E-state index in [0.717, 1.165) is 27.3 Å². The summed E-state index contributed by atoms with van der Waals surface area (Å²) in [4.78, 5) is 12.6. The molecule has 0 spiro atoms. The molecule has 0 bridgehead atoms. The van der Waals surface area contributed by atoms with Crippen molar-refractivity contribution in [3.63, 3.8) is 0 Å². The Labute approximate surface area is 161 Å². The van der Waals surface area contributed by atoms with E-state index in [2.05, 4.69) is 5.32 Å². The molecular formula is C20H26N2O4S. The number of para-hydroxylation sites is 1. The number of amides is 1. The SMILES string of the molecule is COc1ccccc1[C@H](C)NC(=O)CN(c1cc(C)ccc1C)S(C)(=O)=O. The summed E-state index contributed by atoms with van der Waals surface area (Å²) in [7, 11) is -2.05. The van der Waals surface area contributed by atoms with Crippen molar-refractivity contribution in [2.24, 2.45) is 0 Å². The molecule has 0 saturated carbocycles. The molecule has 0 unspecified atom stereocenters. The topological polar surface area (TPSA) is 75.7 Å². The number of carbonyl (C=O) groups excluding carboxylic acids is 1. The summed E-state index contributed by atoms with van der Waals surface area (Å²) in [5.74, 6) is 0.277. The zero-order valence-corrected chi connectivity index (χ0v) is 17.1. The van der Waals surface area contributed by atoms with E-state index in [1.54, 1.807) is 13.2 Å². The van der Waals surface area contributed by atoms with Crippen LogP contribution in [0.25, 0.3) is 0 Å². The predicted octanol–water partition coefficient (Wildman–Crippen LogP) is 2.96. The molecule has 146 valence electrons. The second kappa shape index (κ2) is 8.43. The van der Waals surface area contributed by atoms with Gasteiger partial charge in [0, 0.05) is 5.56 Å². The monoisotopic (exact) mass is 390 g/mol. The quantitative estimate of drug-likeness (QED) is 0.789. The van der Waals surface area contributed by atoms with Crippen LogP contribution in [0.2, 0.25) is 0 Å². The summed E-state index contributed by atoms with van der Waals surface area (Å²) < 4.78 is 31.1. The van der Waals surface area contributed by atoms with Crippen molar-refractivity contribution in [2.75, 3.05) is 24.2 Å². The summed E-state index contributed by atoms with van der Waals surface area (Å²) in [5, 5.41) is 2.85. The lowest BCUT2D eigenvalue weighted by atomic mass is 10.1. The number of ether oxygens (including phenoxy) is 1. The fraction of sp³-hybridized carbons (Fsp3) is 0.350. The van der Waals surface area contributed by atoms with Gasteiger partial charge >= 0.3 is 0 Å². The van der Waals surface area contributed by atoms with Gasteiger partial charge in [-0.15, -0.1) is 0 Å². The minimum Gasteiger partial charge on any atom is -0.496 e. The van der Waals surface area contributed by atoms with Crippen molar-refractivity contribution in [3.05, 3.63) is 59.2 Å². The number of hydrogen-bond acceptors (Lipinski definition) is 4. The van der Waals surface area contributed by atoms with Crippen molar-refractivity contribution in [1.29, 1.82) is 0 Å². The van der Waals surface area contributed by atoms with Crippen LogP contribution in [-0.4, -0.2) is 34.2 Å². The maximum atomic E-state index is 12.6. The van der Waals surface area contributed by atoms with Gasteiger partial charge in [-0.05, 0) is 44.0 Å². The highest BCUT2D eigenvalue weighted by Crippen LogP contribution is 2.26. The maximum Gasteiger partial charge on any atom is 0.241 e. The number of nitrogens with zero attached hydrogens (tertiary/aromatic N) is 1. The van der Waals surface area contributed by atoms with Gasteiger partial charge in [-0.1, -0.05) is 30.3 Å². The van der Waals surface area contributed by atoms with Gasteiger partial charge in [0.1, 0.15) is 12.3 Å². The summed E-state index contributed by atoms with van der Waals surface area (Å²) >= 11 is 0. The van der Waals surface area contributed by atoms with E-state index < -0.39 is 10.0 Å². The Hall–Kier alpha value is -2.54. The third-order valence-electron chi connectivity index (χ3n) is 4.30. The van der Waals surface area contributed by atoms with Gasteiger partial charge in [-0.3, -0.25) is 9.10 Å². The molecule has 0 aliphatic heterocycles. The molecule has 7 heteroatoms. The Morgan fingerprint density at radius 3 is 2.48 bits per heavy atom. The number of carbonyl (C=O) groups is 1. The van der Waals surface area contributed by atoms with Crippen LogP contribution < -0.4 is 14.4 Å². The van der Waals surface area contributed by atoms with Crippen LogP contribution in [0.15, 0.2) is 42.5 Å². The van der Waals surface area contributed by atoms with Gasteiger partial charge in [0.15, 0.2) is 0 Å². The van der Waals surface area contributed by atoms with E-state index in [0.29, 0.717) is 11.4 Å². The van der Waals surface area contributed by atoms with E-state index in [-0.39, 0.29) is 18.5 Å². The lowest BCUT2D eigenvalue weighted by Crippen LogP contribution is -2.41. The number of methoxy groups -OCH3 is 1. The molecule has 2 aromatic rings. The number of nitrogens with one attached hydrogen (secondary N) is 1.